The van der Waals surface area contributed by atoms with Crippen LogP contribution >= 0.6 is 0 Å². The Bertz CT molecular complexity index is 1940. The van der Waals surface area contributed by atoms with Crippen molar-refractivity contribution >= 4 is 29.1 Å². The van der Waals surface area contributed by atoms with Gasteiger partial charge in [-0.2, -0.15) is 0 Å². The molecule has 6 heterocycles. The molecule has 4 aromatic heterocycles. The minimum atomic E-state index is -0.349. The predicted molar refractivity (Wildman–Crippen MR) is 177 cm³/mol. The number of fused-ring (bicyclic) bond motifs is 3. The molecule has 12 heteroatoms. The Labute approximate surface area is 272 Å². The van der Waals surface area contributed by atoms with Gasteiger partial charge < -0.3 is 29.2 Å². The molecule has 0 radical (unpaired) electrons. The van der Waals surface area contributed by atoms with Crippen molar-refractivity contribution in [1.82, 2.24) is 24.0 Å². The van der Waals surface area contributed by atoms with Gasteiger partial charge >= 0.3 is 0 Å². The van der Waals surface area contributed by atoms with Crippen molar-refractivity contribution in [2.24, 2.45) is 12.5 Å². The number of carbonyl (C=O) groups excluding carboxylic acids is 2. The van der Waals surface area contributed by atoms with E-state index in [9.17, 15) is 19.5 Å². The van der Waals surface area contributed by atoms with Crippen LogP contribution in [0.1, 0.15) is 58.4 Å². The Morgan fingerprint density at radius 2 is 1.94 bits per heavy atom. The number of aliphatic hydroxyl groups is 1. The van der Waals surface area contributed by atoms with Gasteiger partial charge in [-0.25, -0.2) is 9.97 Å². The zero-order valence-electron chi connectivity index (χ0n) is 27.1. The maximum absolute atomic E-state index is 13.8. The summed E-state index contributed by atoms with van der Waals surface area (Å²) in [6.07, 6.45) is 6.71. The van der Waals surface area contributed by atoms with E-state index in [1.54, 1.807) is 53.5 Å². The summed E-state index contributed by atoms with van der Waals surface area (Å²) in [6, 6.07) is 8.83. The van der Waals surface area contributed by atoms with Gasteiger partial charge in [-0.3, -0.25) is 19.3 Å². The maximum atomic E-state index is 13.8. The average molecular weight is 638 g/mol. The lowest BCUT2D eigenvalue weighted by Gasteiger charge is -2.33. The number of amides is 2. The fraction of sp³-hybridized carbons (Fsp3) is 0.400. The summed E-state index contributed by atoms with van der Waals surface area (Å²) < 4.78 is 9.05. The minimum Gasteiger partial charge on any atom is -0.392 e. The Kier molecular flexibility index (Phi) is 7.72. The highest BCUT2D eigenvalue weighted by atomic mass is 16.5. The summed E-state index contributed by atoms with van der Waals surface area (Å²) in [5, 5.41) is 13.7. The van der Waals surface area contributed by atoms with Crippen molar-refractivity contribution in [2.45, 2.75) is 52.8 Å². The lowest BCUT2D eigenvalue weighted by molar-refractivity contribution is 0.00357. The number of hydrogen-bond acceptors (Lipinski definition) is 8. The van der Waals surface area contributed by atoms with E-state index >= 15 is 0 Å². The highest BCUT2D eigenvalue weighted by Crippen LogP contribution is 2.40. The molecule has 1 atom stereocenters. The molecule has 1 aliphatic carbocycles. The molecular weight excluding hydrogens is 598 g/mol. The van der Waals surface area contributed by atoms with Crippen LogP contribution in [-0.4, -0.2) is 73.3 Å². The van der Waals surface area contributed by atoms with E-state index in [0.717, 1.165) is 12.8 Å². The molecule has 7 rings (SSSR count). The van der Waals surface area contributed by atoms with E-state index in [4.69, 9.17) is 4.74 Å². The fourth-order valence-electron chi connectivity index (χ4n) is 7.13. The number of aromatic nitrogens is 4. The molecule has 2 aliphatic heterocycles. The molecule has 12 nitrogen and oxygen atoms in total. The molecule has 0 saturated carbocycles. The van der Waals surface area contributed by atoms with Crippen LogP contribution in [0.2, 0.25) is 0 Å². The number of aliphatic hydroxyl groups excluding tert-OH is 1. The smallest absolute Gasteiger partial charge is 0.276 e. The normalized spacial score (nSPS) is 18.7. The first kappa shape index (κ1) is 30.8. The third-order valence-electron chi connectivity index (χ3n) is 9.47. The van der Waals surface area contributed by atoms with E-state index in [1.165, 1.54) is 22.0 Å². The van der Waals surface area contributed by atoms with Crippen molar-refractivity contribution in [3.8, 4) is 11.1 Å². The summed E-state index contributed by atoms with van der Waals surface area (Å²) in [6.45, 7) is 8.72. The molecule has 3 aliphatic rings. The van der Waals surface area contributed by atoms with E-state index in [-0.39, 0.29) is 41.1 Å². The van der Waals surface area contributed by atoms with E-state index in [2.05, 4.69) is 33.7 Å². The molecule has 2 amide bonds. The van der Waals surface area contributed by atoms with Gasteiger partial charge in [0.2, 0.25) is 0 Å². The molecule has 4 aromatic rings. The largest absolute Gasteiger partial charge is 0.392 e. The Morgan fingerprint density at radius 3 is 2.68 bits per heavy atom. The first-order chi connectivity index (χ1) is 22.5. The molecule has 1 unspecified atom stereocenters. The maximum Gasteiger partial charge on any atom is 0.276 e. The average Bonchev–Trinajstić information content (AvgIpc) is 3.55. The number of nitrogens with one attached hydrogen (secondary N) is 1. The van der Waals surface area contributed by atoms with Crippen LogP contribution in [0, 0.1) is 5.41 Å². The van der Waals surface area contributed by atoms with E-state index in [0.29, 0.717) is 72.4 Å². The van der Waals surface area contributed by atoms with Crippen LogP contribution in [0.5, 0.6) is 0 Å². The van der Waals surface area contributed by atoms with Crippen molar-refractivity contribution < 1.29 is 19.4 Å². The molecule has 2 N–H and O–H groups in total. The third kappa shape index (κ3) is 5.51. The quantitative estimate of drug-likeness (QED) is 0.328. The van der Waals surface area contributed by atoms with Gasteiger partial charge in [0.25, 0.3) is 17.4 Å². The van der Waals surface area contributed by atoms with Crippen molar-refractivity contribution in [3.05, 3.63) is 87.4 Å². The van der Waals surface area contributed by atoms with Crippen LogP contribution in [0.3, 0.4) is 0 Å². The zero-order valence-corrected chi connectivity index (χ0v) is 27.1. The molecule has 0 bridgehead atoms. The van der Waals surface area contributed by atoms with Crippen molar-refractivity contribution in [1.29, 1.82) is 0 Å². The van der Waals surface area contributed by atoms with Gasteiger partial charge in [-0.1, -0.05) is 13.8 Å². The monoisotopic (exact) mass is 637 g/mol. The number of aryl methyl sites for hydroxylation is 1. The SMILES string of the molecule is CC1COCCN1C(=O)c1ccc(Nc2cc(-c3ccnc(N4CCn5c(cc6c5CC(C)(C)C6)C4=O)c3CO)cn(C)c2=O)nc1. The van der Waals surface area contributed by atoms with Crippen LogP contribution in [0.4, 0.5) is 17.3 Å². The number of pyridine rings is 3. The van der Waals surface area contributed by atoms with Gasteiger partial charge in [0.05, 0.1) is 31.4 Å². The standard InChI is InChI=1S/C35H39N7O5/c1-21-20-47-12-11-40(21)32(44)22-5-6-30(37-17-22)38-27-13-24(18-39(4)33(27)45)25-7-8-36-31(26(25)19-43)42-10-9-41-28(34(42)46)14-23-15-35(2,3)16-29(23)41/h5-8,13-14,17-18,21,43H,9-12,15-16,19-20H2,1-4H3,(H,37,38). The fourth-order valence-corrected chi connectivity index (χ4v) is 7.13. The highest BCUT2D eigenvalue weighted by molar-refractivity contribution is 6.06. The van der Waals surface area contributed by atoms with Crippen molar-refractivity contribution in [2.75, 3.05) is 36.5 Å². The number of ether oxygens (including phenoxy) is 1. The number of anilines is 3. The Hall–Kier alpha value is -4.81. The first-order valence-corrected chi connectivity index (χ1v) is 16.0. The van der Waals surface area contributed by atoms with Crippen LogP contribution in [0.25, 0.3) is 11.1 Å². The molecular formula is C35H39N7O5. The molecule has 0 aromatic carbocycles. The van der Waals surface area contributed by atoms with Crippen LogP contribution in [-0.2, 0) is 37.8 Å². The van der Waals surface area contributed by atoms with Crippen molar-refractivity contribution in [3.63, 3.8) is 0 Å². The van der Waals surface area contributed by atoms with E-state index in [1.807, 2.05) is 13.0 Å². The summed E-state index contributed by atoms with van der Waals surface area (Å²) in [7, 11) is 1.65. The zero-order chi connectivity index (χ0) is 33.0. The second-order valence-corrected chi connectivity index (χ2v) is 13.5. The number of hydrogen-bond donors (Lipinski definition) is 2. The molecule has 244 valence electrons. The Morgan fingerprint density at radius 1 is 1.11 bits per heavy atom. The highest BCUT2D eigenvalue weighted by Gasteiger charge is 2.37. The summed E-state index contributed by atoms with van der Waals surface area (Å²) in [4.78, 5) is 52.4. The van der Waals surface area contributed by atoms with Gasteiger partial charge in [0.1, 0.15) is 23.0 Å². The van der Waals surface area contributed by atoms with Gasteiger partial charge in [0.15, 0.2) is 0 Å². The molecule has 1 saturated heterocycles. The predicted octanol–water partition coefficient (Wildman–Crippen LogP) is 3.53. The summed E-state index contributed by atoms with van der Waals surface area (Å²) in [5.41, 5.74) is 5.58. The number of morpholine rings is 1. The van der Waals surface area contributed by atoms with Crippen LogP contribution < -0.4 is 15.8 Å². The molecule has 47 heavy (non-hydrogen) atoms. The number of rotatable bonds is 6. The lowest BCUT2D eigenvalue weighted by atomic mass is 9.90. The first-order valence-electron chi connectivity index (χ1n) is 16.0. The van der Waals surface area contributed by atoms with E-state index < -0.39 is 0 Å². The lowest BCUT2D eigenvalue weighted by Crippen LogP contribution is -2.47. The van der Waals surface area contributed by atoms with Crippen LogP contribution in [0.15, 0.2) is 53.7 Å². The Balaban J connectivity index is 1.16. The van der Waals surface area contributed by atoms with Gasteiger partial charge in [-0.05, 0) is 66.6 Å². The summed E-state index contributed by atoms with van der Waals surface area (Å²) in [5.74, 6) is 0.557. The molecule has 0 spiro atoms. The second-order valence-electron chi connectivity index (χ2n) is 13.5. The third-order valence-corrected chi connectivity index (χ3v) is 9.47. The molecule has 1 fully saturated rings. The minimum absolute atomic E-state index is 0.0230. The number of nitrogens with zero attached hydrogens (tertiary/aromatic N) is 6. The number of carbonyl (C=O) groups is 2. The topological polar surface area (TPSA) is 135 Å². The van der Waals surface area contributed by atoms with Gasteiger partial charge in [-0.15, -0.1) is 0 Å². The second kappa shape index (κ2) is 11.8. The summed E-state index contributed by atoms with van der Waals surface area (Å²) >= 11 is 0. The van der Waals surface area contributed by atoms with Gasteiger partial charge in [0, 0.05) is 62.1 Å².